The van der Waals surface area contributed by atoms with Crippen LogP contribution < -0.4 is 0 Å². The molecule has 0 aliphatic rings. The highest BCUT2D eigenvalue weighted by molar-refractivity contribution is 7.99. The third-order valence-corrected chi connectivity index (χ3v) is 3.02. The number of hydrogen-bond acceptors (Lipinski definition) is 4. The zero-order valence-electron chi connectivity index (χ0n) is 9.11. The van der Waals surface area contributed by atoms with Crippen molar-refractivity contribution in [2.24, 2.45) is 7.05 Å². The number of thioether (sulfide) groups is 1. The van der Waals surface area contributed by atoms with Gasteiger partial charge in [0.25, 0.3) is 0 Å². The summed E-state index contributed by atoms with van der Waals surface area (Å²) in [7, 11) is 1.95. The van der Waals surface area contributed by atoms with E-state index >= 15 is 0 Å². The molecule has 0 aliphatic heterocycles. The molecule has 1 aromatic heterocycles. The Morgan fingerprint density at radius 3 is 2.50 bits per heavy atom. The van der Waals surface area contributed by atoms with Crippen LogP contribution in [0.1, 0.15) is 26.1 Å². The first kappa shape index (κ1) is 11.5. The summed E-state index contributed by atoms with van der Waals surface area (Å²) in [6.45, 7) is 5.55. The molecule has 0 atom stereocenters. The molecular formula is C9H17N3OS. The van der Waals surface area contributed by atoms with Gasteiger partial charge in [0, 0.05) is 12.8 Å². The molecule has 80 valence electrons. The van der Waals surface area contributed by atoms with Crippen LogP contribution in [0, 0.1) is 6.92 Å². The second-order valence-corrected chi connectivity index (χ2v) is 5.06. The molecule has 0 spiro atoms. The van der Waals surface area contributed by atoms with Crippen molar-refractivity contribution in [3.05, 3.63) is 5.82 Å². The average Bonchev–Trinajstić information content (AvgIpc) is 2.33. The van der Waals surface area contributed by atoms with E-state index in [1.54, 1.807) is 11.8 Å². The molecule has 5 heteroatoms. The molecule has 1 N–H and O–H groups in total. The standard InChI is InChI=1S/C9H17N3OS/c1-7-10-11-8(12(7)4)14-6-5-9(2,3)13/h13H,5-6H2,1-4H3. The fraction of sp³-hybridized carbons (Fsp3) is 0.778. The van der Waals surface area contributed by atoms with E-state index in [0.29, 0.717) is 0 Å². The monoisotopic (exact) mass is 215 g/mol. The Bertz CT molecular complexity index is 303. The molecule has 0 radical (unpaired) electrons. The van der Waals surface area contributed by atoms with Gasteiger partial charge in [0.05, 0.1) is 5.60 Å². The van der Waals surface area contributed by atoms with Gasteiger partial charge in [0.1, 0.15) is 5.82 Å². The van der Waals surface area contributed by atoms with Crippen LogP contribution in [0.3, 0.4) is 0 Å². The number of aromatic nitrogens is 3. The largest absolute Gasteiger partial charge is 0.390 e. The van der Waals surface area contributed by atoms with Gasteiger partial charge in [-0.15, -0.1) is 10.2 Å². The molecule has 0 bridgehead atoms. The van der Waals surface area contributed by atoms with Gasteiger partial charge in [0.2, 0.25) is 0 Å². The van der Waals surface area contributed by atoms with Gasteiger partial charge >= 0.3 is 0 Å². The van der Waals surface area contributed by atoms with Crippen LogP contribution in [0.2, 0.25) is 0 Å². The Morgan fingerprint density at radius 2 is 2.07 bits per heavy atom. The van der Waals surface area contributed by atoms with Gasteiger partial charge in [-0.25, -0.2) is 0 Å². The molecule has 1 heterocycles. The predicted molar refractivity (Wildman–Crippen MR) is 57.4 cm³/mol. The minimum absolute atomic E-state index is 0.597. The number of aryl methyl sites for hydroxylation is 1. The molecule has 0 aliphatic carbocycles. The number of nitrogens with zero attached hydrogens (tertiary/aromatic N) is 3. The van der Waals surface area contributed by atoms with Crippen molar-refractivity contribution in [3.63, 3.8) is 0 Å². The molecule has 1 aromatic rings. The van der Waals surface area contributed by atoms with Crippen LogP contribution in [0.5, 0.6) is 0 Å². The third-order valence-electron chi connectivity index (χ3n) is 2.00. The van der Waals surface area contributed by atoms with E-state index in [4.69, 9.17) is 0 Å². The summed E-state index contributed by atoms with van der Waals surface area (Å²) in [5.74, 6) is 1.77. The van der Waals surface area contributed by atoms with E-state index in [-0.39, 0.29) is 0 Å². The molecule has 4 nitrogen and oxygen atoms in total. The van der Waals surface area contributed by atoms with Gasteiger partial charge in [0.15, 0.2) is 5.16 Å². The van der Waals surface area contributed by atoms with E-state index in [2.05, 4.69) is 10.2 Å². The van der Waals surface area contributed by atoms with E-state index < -0.39 is 5.60 Å². The van der Waals surface area contributed by atoms with E-state index in [0.717, 1.165) is 23.2 Å². The molecule has 0 saturated heterocycles. The van der Waals surface area contributed by atoms with Crippen molar-refractivity contribution in [3.8, 4) is 0 Å². The van der Waals surface area contributed by atoms with Crippen molar-refractivity contribution in [1.82, 2.24) is 14.8 Å². The first-order valence-corrected chi connectivity index (χ1v) is 5.60. The van der Waals surface area contributed by atoms with E-state index in [9.17, 15) is 5.11 Å². The lowest BCUT2D eigenvalue weighted by Gasteiger charge is -2.15. The second kappa shape index (κ2) is 4.31. The van der Waals surface area contributed by atoms with Gasteiger partial charge in [-0.1, -0.05) is 11.8 Å². The predicted octanol–water partition coefficient (Wildman–Crippen LogP) is 1.38. The molecule has 1 rings (SSSR count). The molecule has 14 heavy (non-hydrogen) atoms. The molecule has 0 saturated carbocycles. The molecule has 0 aromatic carbocycles. The van der Waals surface area contributed by atoms with E-state index in [1.807, 2.05) is 32.4 Å². The fourth-order valence-corrected chi connectivity index (χ4v) is 2.11. The SMILES string of the molecule is Cc1nnc(SCCC(C)(C)O)n1C. The lowest BCUT2D eigenvalue weighted by atomic mass is 10.1. The van der Waals surface area contributed by atoms with Crippen molar-refractivity contribution < 1.29 is 5.11 Å². The quantitative estimate of drug-likeness (QED) is 0.771. The average molecular weight is 215 g/mol. The fourth-order valence-electron chi connectivity index (χ4n) is 0.905. The van der Waals surface area contributed by atoms with Crippen LogP contribution in [0.4, 0.5) is 0 Å². The zero-order chi connectivity index (χ0) is 10.8. The Labute approximate surface area is 88.7 Å². The summed E-state index contributed by atoms with van der Waals surface area (Å²) in [4.78, 5) is 0. The maximum Gasteiger partial charge on any atom is 0.190 e. The van der Waals surface area contributed by atoms with Crippen LogP contribution in [-0.4, -0.2) is 31.2 Å². The maximum atomic E-state index is 9.51. The highest BCUT2D eigenvalue weighted by Gasteiger charge is 2.13. The second-order valence-electron chi connectivity index (χ2n) is 4.00. The third kappa shape index (κ3) is 3.31. The molecule has 0 unspecified atom stereocenters. The highest BCUT2D eigenvalue weighted by Crippen LogP contribution is 2.19. The molecule has 0 amide bonds. The molecular weight excluding hydrogens is 198 g/mol. The Morgan fingerprint density at radius 1 is 1.43 bits per heavy atom. The van der Waals surface area contributed by atoms with Gasteiger partial charge < -0.3 is 9.67 Å². The maximum absolute atomic E-state index is 9.51. The summed E-state index contributed by atoms with van der Waals surface area (Å²) >= 11 is 1.62. The summed E-state index contributed by atoms with van der Waals surface area (Å²) in [6, 6.07) is 0. The van der Waals surface area contributed by atoms with Crippen molar-refractivity contribution in [1.29, 1.82) is 0 Å². The summed E-state index contributed by atoms with van der Waals surface area (Å²) in [6.07, 6.45) is 0.754. The normalized spacial score (nSPS) is 12.1. The van der Waals surface area contributed by atoms with E-state index in [1.165, 1.54) is 0 Å². The van der Waals surface area contributed by atoms with Gasteiger partial charge in [-0.05, 0) is 27.2 Å². The van der Waals surface area contributed by atoms with Crippen LogP contribution >= 0.6 is 11.8 Å². The van der Waals surface area contributed by atoms with Crippen LogP contribution in [0.15, 0.2) is 5.16 Å². The highest BCUT2D eigenvalue weighted by atomic mass is 32.2. The summed E-state index contributed by atoms with van der Waals surface area (Å²) in [5.41, 5.74) is -0.597. The van der Waals surface area contributed by atoms with Crippen molar-refractivity contribution >= 4 is 11.8 Å². The lowest BCUT2D eigenvalue weighted by Crippen LogP contribution is -2.19. The topological polar surface area (TPSA) is 50.9 Å². The van der Waals surface area contributed by atoms with Crippen molar-refractivity contribution in [2.45, 2.75) is 37.9 Å². The minimum atomic E-state index is -0.597. The van der Waals surface area contributed by atoms with Gasteiger partial charge in [-0.3, -0.25) is 0 Å². The smallest absolute Gasteiger partial charge is 0.190 e. The van der Waals surface area contributed by atoms with Crippen molar-refractivity contribution in [2.75, 3.05) is 5.75 Å². The minimum Gasteiger partial charge on any atom is -0.390 e. The Hall–Kier alpha value is -0.550. The van der Waals surface area contributed by atoms with Crippen LogP contribution in [-0.2, 0) is 7.05 Å². The number of hydrogen-bond donors (Lipinski definition) is 1. The Kier molecular flexibility index (Phi) is 3.55. The Balaban J connectivity index is 2.43. The number of aliphatic hydroxyl groups is 1. The summed E-state index contributed by atoms with van der Waals surface area (Å²) in [5, 5.41) is 18.4. The number of rotatable bonds is 4. The zero-order valence-corrected chi connectivity index (χ0v) is 9.93. The lowest BCUT2D eigenvalue weighted by molar-refractivity contribution is 0.0777. The van der Waals surface area contributed by atoms with Crippen LogP contribution in [0.25, 0.3) is 0 Å². The van der Waals surface area contributed by atoms with Gasteiger partial charge in [-0.2, -0.15) is 0 Å². The first-order valence-electron chi connectivity index (χ1n) is 4.61. The first-order chi connectivity index (χ1) is 6.40. The summed E-state index contributed by atoms with van der Waals surface area (Å²) < 4.78 is 1.95. The molecule has 0 fully saturated rings.